The second kappa shape index (κ2) is 5.39. The molecule has 1 atom stereocenters. The first kappa shape index (κ1) is 13.1. The molecular formula is C9H14N4O4. The minimum absolute atomic E-state index is 0.0946. The standard InChI is InChI=1S/C9H14N4O4/c1-3-12-8(4-10-9(12)13(16)17)6-11(15)5-7(2)14/h4,6-7,14H,3,5H2,1-2H3. The van der Waals surface area contributed by atoms with Crippen LogP contribution < -0.4 is 0 Å². The fourth-order valence-corrected chi connectivity index (χ4v) is 1.41. The maximum Gasteiger partial charge on any atom is 0.435 e. The highest BCUT2D eigenvalue weighted by Crippen LogP contribution is 2.11. The summed E-state index contributed by atoms with van der Waals surface area (Å²) in [5, 5.41) is 31.0. The van der Waals surface area contributed by atoms with Gasteiger partial charge in [0.2, 0.25) is 11.9 Å². The largest absolute Gasteiger partial charge is 0.624 e. The summed E-state index contributed by atoms with van der Waals surface area (Å²) < 4.78 is 1.84. The predicted octanol–water partition coefficient (Wildman–Crippen LogP) is 0.121. The molecule has 1 unspecified atom stereocenters. The van der Waals surface area contributed by atoms with Crippen LogP contribution in [0, 0.1) is 15.3 Å². The fraction of sp³-hybridized carbons (Fsp3) is 0.556. The van der Waals surface area contributed by atoms with Crippen LogP contribution >= 0.6 is 0 Å². The van der Waals surface area contributed by atoms with E-state index in [-0.39, 0.29) is 12.5 Å². The zero-order chi connectivity index (χ0) is 13.0. The normalized spacial score (nSPS) is 13.7. The first-order valence-electron chi connectivity index (χ1n) is 5.12. The van der Waals surface area contributed by atoms with Gasteiger partial charge in [0.15, 0.2) is 12.7 Å². The van der Waals surface area contributed by atoms with Crippen molar-refractivity contribution in [1.29, 1.82) is 0 Å². The first-order chi connectivity index (χ1) is 7.95. The summed E-state index contributed by atoms with van der Waals surface area (Å²) in [5.41, 5.74) is 0.342. The third-order valence-corrected chi connectivity index (χ3v) is 2.07. The summed E-state index contributed by atoms with van der Waals surface area (Å²) in [4.78, 5) is 13.7. The molecule has 1 aromatic heterocycles. The highest BCUT2D eigenvalue weighted by Gasteiger charge is 2.20. The molecule has 0 aliphatic carbocycles. The average molecular weight is 242 g/mol. The highest BCUT2D eigenvalue weighted by atomic mass is 16.6. The summed E-state index contributed by atoms with van der Waals surface area (Å²) in [7, 11) is 0. The third kappa shape index (κ3) is 3.25. The van der Waals surface area contributed by atoms with E-state index in [2.05, 4.69) is 4.98 Å². The maximum atomic E-state index is 11.4. The van der Waals surface area contributed by atoms with E-state index in [0.29, 0.717) is 17.0 Å². The lowest BCUT2D eigenvalue weighted by Gasteiger charge is -2.05. The molecule has 0 amide bonds. The summed E-state index contributed by atoms with van der Waals surface area (Å²) in [6.45, 7) is 3.45. The van der Waals surface area contributed by atoms with Crippen molar-refractivity contribution in [3.05, 3.63) is 27.2 Å². The van der Waals surface area contributed by atoms with Gasteiger partial charge in [-0.1, -0.05) is 4.98 Å². The second-order valence-electron chi connectivity index (χ2n) is 3.56. The van der Waals surface area contributed by atoms with E-state index in [9.17, 15) is 15.3 Å². The number of aliphatic hydroxyl groups is 1. The van der Waals surface area contributed by atoms with Gasteiger partial charge in [-0.3, -0.25) is 0 Å². The Labute approximate surface area is 97.6 Å². The average Bonchev–Trinajstić information content (AvgIpc) is 2.59. The lowest BCUT2D eigenvalue weighted by atomic mass is 10.4. The van der Waals surface area contributed by atoms with E-state index in [0.717, 1.165) is 0 Å². The molecule has 17 heavy (non-hydrogen) atoms. The van der Waals surface area contributed by atoms with Crippen LogP contribution in [0.4, 0.5) is 5.95 Å². The molecule has 0 bridgehead atoms. The zero-order valence-corrected chi connectivity index (χ0v) is 9.61. The van der Waals surface area contributed by atoms with Crippen molar-refractivity contribution in [2.45, 2.75) is 26.5 Å². The monoisotopic (exact) mass is 242 g/mol. The minimum atomic E-state index is -0.767. The van der Waals surface area contributed by atoms with Gasteiger partial charge in [-0.25, -0.2) is 9.31 Å². The number of hydrogen-bond acceptors (Lipinski definition) is 5. The van der Waals surface area contributed by atoms with Crippen molar-refractivity contribution in [1.82, 2.24) is 9.55 Å². The van der Waals surface area contributed by atoms with E-state index < -0.39 is 11.0 Å². The number of hydrogen-bond donors (Lipinski definition) is 1. The van der Waals surface area contributed by atoms with Crippen LogP contribution in [-0.4, -0.2) is 43.2 Å². The Morgan fingerprint density at radius 2 is 2.29 bits per heavy atom. The van der Waals surface area contributed by atoms with Crippen LogP contribution in [0.2, 0.25) is 0 Å². The van der Waals surface area contributed by atoms with Crippen LogP contribution in [0.1, 0.15) is 19.5 Å². The number of nitrogens with zero attached hydrogens (tertiary/aromatic N) is 4. The zero-order valence-electron chi connectivity index (χ0n) is 9.61. The molecule has 8 nitrogen and oxygen atoms in total. The smallest absolute Gasteiger partial charge is 0.435 e. The van der Waals surface area contributed by atoms with Gasteiger partial charge in [0, 0.05) is 0 Å². The van der Waals surface area contributed by atoms with Crippen LogP contribution in [0.5, 0.6) is 0 Å². The summed E-state index contributed by atoms with van der Waals surface area (Å²) >= 11 is 0. The molecule has 1 heterocycles. The molecule has 0 aliphatic heterocycles. The predicted molar refractivity (Wildman–Crippen MR) is 59.9 cm³/mol. The lowest BCUT2D eigenvalue weighted by Crippen LogP contribution is -2.19. The van der Waals surface area contributed by atoms with Crippen LogP contribution in [0.25, 0.3) is 0 Å². The molecule has 0 aromatic carbocycles. The van der Waals surface area contributed by atoms with Crippen molar-refractivity contribution in [2.75, 3.05) is 6.54 Å². The lowest BCUT2D eigenvalue weighted by molar-refractivity contribution is -0.462. The van der Waals surface area contributed by atoms with E-state index in [4.69, 9.17) is 5.11 Å². The Balaban J connectivity index is 3.03. The van der Waals surface area contributed by atoms with Crippen molar-refractivity contribution in [3.63, 3.8) is 0 Å². The molecular weight excluding hydrogens is 228 g/mol. The second-order valence-corrected chi connectivity index (χ2v) is 3.56. The molecule has 0 saturated carbocycles. The third-order valence-electron chi connectivity index (χ3n) is 2.07. The van der Waals surface area contributed by atoms with Crippen LogP contribution in [0.3, 0.4) is 0 Å². The molecule has 0 fully saturated rings. The van der Waals surface area contributed by atoms with Crippen molar-refractivity contribution < 1.29 is 14.8 Å². The van der Waals surface area contributed by atoms with Gasteiger partial charge in [0.25, 0.3) is 0 Å². The van der Waals surface area contributed by atoms with Gasteiger partial charge in [-0.15, -0.1) is 0 Å². The van der Waals surface area contributed by atoms with Crippen molar-refractivity contribution in [3.8, 4) is 0 Å². The fourth-order valence-electron chi connectivity index (χ4n) is 1.41. The Kier molecular flexibility index (Phi) is 4.16. The number of rotatable bonds is 5. The molecule has 1 N–H and O–H groups in total. The molecule has 1 rings (SSSR count). The SMILES string of the molecule is CCn1c(C=[N+]([O-])CC(C)O)cnc1[N+](=O)[O-]. The first-order valence-corrected chi connectivity index (χ1v) is 5.12. The number of aliphatic hydroxyl groups excluding tert-OH is 1. The number of imidazole rings is 1. The van der Waals surface area contributed by atoms with Crippen molar-refractivity contribution >= 4 is 12.2 Å². The van der Waals surface area contributed by atoms with E-state index in [1.165, 1.54) is 23.9 Å². The number of aromatic nitrogens is 2. The molecule has 94 valence electrons. The van der Waals surface area contributed by atoms with Gasteiger partial charge < -0.3 is 20.4 Å². The van der Waals surface area contributed by atoms with E-state index >= 15 is 0 Å². The molecule has 1 aromatic rings. The number of nitro groups is 1. The number of hydroxylamine groups is 1. The molecule has 0 aliphatic rings. The Morgan fingerprint density at radius 1 is 1.65 bits per heavy atom. The van der Waals surface area contributed by atoms with Gasteiger partial charge in [0.05, 0.1) is 6.54 Å². The molecule has 0 spiro atoms. The summed E-state index contributed by atoms with van der Waals surface area (Å²) in [6.07, 6.45) is 1.67. The van der Waals surface area contributed by atoms with Crippen molar-refractivity contribution in [2.24, 2.45) is 0 Å². The van der Waals surface area contributed by atoms with Gasteiger partial charge in [-0.2, -0.15) is 0 Å². The Morgan fingerprint density at radius 3 is 2.76 bits per heavy atom. The highest BCUT2D eigenvalue weighted by molar-refractivity contribution is 5.73. The molecule has 0 saturated heterocycles. The van der Waals surface area contributed by atoms with Gasteiger partial charge in [0.1, 0.15) is 6.10 Å². The summed E-state index contributed by atoms with van der Waals surface area (Å²) in [5.74, 6) is -0.302. The maximum absolute atomic E-state index is 11.4. The topological polar surface area (TPSA) is 107 Å². The Hall–Kier alpha value is -1.96. The minimum Gasteiger partial charge on any atom is -0.624 e. The quantitative estimate of drug-likeness (QED) is 0.259. The molecule has 8 heteroatoms. The van der Waals surface area contributed by atoms with Crippen LogP contribution in [-0.2, 0) is 6.54 Å². The van der Waals surface area contributed by atoms with E-state index in [1.807, 2.05) is 0 Å². The van der Waals surface area contributed by atoms with Gasteiger partial charge in [-0.05, 0) is 18.8 Å². The summed E-state index contributed by atoms with van der Waals surface area (Å²) in [6, 6.07) is 0. The Bertz CT molecular complexity index is 438. The van der Waals surface area contributed by atoms with Crippen LogP contribution in [0.15, 0.2) is 6.20 Å². The van der Waals surface area contributed by atoms with E-state index in [1.54, 1.807) is 6.92 Å². The molecule has 0 radical (unpaired) electrons. The van der Waals surface area contributed by atoms with Gasteiger partial charge >= 0.3 is 5.95 Å².